The zero-order chi connectivity index (χ0) is 17.7. The molecule has 0 saturated carbocycles. The fraction of sp³-hybridized carbons (Fsp3) is 0.211. The number of rotatable bonds is 5. The molecule has 5 heteroatoms. The van der Waals surface area contributed by atoms with E-state index in [0.29, 0.717) is 11.5 Å². The predicted octanol–water partition coefficient (Wildman–Crippen LogP) is 4.82. The van der Waals surface area contributed by atoms with Gasteiger partial charge >= 0.3 is 0 Å². The molecule has 0 heterocycles. The van der Waals surface area contributed by atoms with Crippen LogP contribution in [0.4, 0.5) is 5.69 Å². The largest absolute Gasteiger partial charge is 0.497 e. The van der Waals surface area contributed by atoms with E-state index in [1.807, 2.05) is 44.2 Å². The van der Waals surface area contributed by atoms with Crippen LogP contribution in [0.2, 0.25) is 0 Å². The van der Waals surface area contributed by atoms with Crippen LogP contribution >= 0.6 is 15.9 Å². The normalized spacial score (nSPS) is 11.1. The van der Waals surface area contributed by atoms with Gasteiger partial charge in [0.05, 0.1) is 14.2 Å². The SMILES string of the molecule is COc1ccc(/C(C)=C/C(=O)Nc2ccc(Br)c(C)c2)c(OC)c1. The maximum absolute atomic E-state index is 12.3. The lowest BCUT2D eigenvalue weighted by Gasteiger charge is -2.11. The minimum atomic E-state index is -0.188. The number of carbonyl (C=O) groups excluding carboxylic acids is 1. The van der Waals surface area contributed by atoms with E-state index in [2.05, 4.69) is 21.2 Å². The van der Waals surface area contributed by atoms with Crippen LogP contribution < -0.4 is 14.8 Å². The molecule has 0 aliphatic rings. The third-order valence-corrected chi connectivity index (χ3v) is 4.50. The van der Waals surface area contributed by atoms with Gasteiger partial charge < -0.3 is 14.8 Å². The Labute approximate surface area is 150 Å². The second-order valence-corrected chi connectivity index (χ2v) is 6.20. The first-order valence-corrected chi connectivity index (χ1v) is 8.21. The number of hydrogen-bond donors (Lipinski definition) is 1. The van der Waals surface area contributed by atoms with Crippen LogP contribution in [0.3, 0.4) is 0 Å². The summed E-state index contributed by atoms with van der Waals surface area (Å²) in [4.78, 5) is 12.3. The van der Waals surface area contributed by atoms with Crippen LogP contribution in [-0.4, -0.2) is 20.1 Å². The summed E-state index contributed by atoms with van der Waals surface area (Å²) >= 11 is 3.45. The molecule has 0 fully saturated rings. The fourth-order valence-corrected chi connectivity index (χ4v) is 2.55. The van der Waals surface area contributed by atoms with Crippen molar-refractivity contribution in [3.8, 4) is 11.5 Å². The highest BCUT2D eigenvalue weighted by Crippen LogP contribution is 2.30. The molecule has 0 unspecified atom stereocenters. The molecule has 0 radical (unpaired) electrons. The number of carbonyl (C=O) groups is 1. The van der Waals surface area contributed by atoms with Crippen molar-refractivity contribution in [3.05, 3.63) is 58.1 Å². The Morgan fingerprint density at radius 3 is 2.50 bits per heavy atom. The number of anilines is 1. The average Bonchev–Trinajstić information content (AvgIpc) is 2.57. The summed E-state index contributed by atoms with van der Waals surface area (Å²) in [5.41, 5.74) is 3.47. The van der Waals surface area contributed by atoms with Gasteiger partial charge in [-0.1, -0.05) is 15.9 Å². The number of halogens is 1. The van der Waals surface area contributed by atoms with Gasteiger partial charge in [0, 0.05) is 27.9 Å². The van der Waals surface area contributed by atoms with E-state index in [9.17, 15) is 4.79 Å². The highest BCUT2D eigenvalue weighted by atomic mass is 79.9. The smallest absolute Gasteiger partial charge is 0.248 e. The van der Waals surface area contributed by atoms with Gasteiger partial charge in [0.25, 0.3) is 0 Å². The summed E-state index contributed by atoms with van der Waals surface area (Å²) in [6, 6.07) is 11.2. The zero-order valence-corrected chi connectivity index (χ0v) is 15.7. The summed E-state index contributed by atoms with van der Waals surface area (Å²) < 4.78 is 11.6. The number of ether oxygens (including phenoxy) is 2. The first-order valence-electron chi connectivity index (χ1n) is 7.42. The standard InChI is InChI=1S/C19H20BrNO3/c1-12(16-7-6-15(23-3)11-18(16)24-4)10-19(22)21-14-5-8-17(20)13(2)9-14/h5-11H,1-4H3,(H,21,22)/b12-10+. The van der Waals surface area contributed by atoms with Crippen LogP contribution in [0, 0.1) is 6.92 Å². The molecule has 4 nitrogen and oxygen atoms in total. The summed E-state index contributed by atoms with van der Waals surface area (Å²) in [6.45, 7) is 3.85. The van der Waals surface area contributed by atoms with Crippen molar-refractivity contribution in [2.75, 3.05) is 19.5 Å². The minimum Gasteiger partial charge on any atom is -0.497 e. The second-order valence-electron chi connectivity index (χ2n) is 5.35. The van der Waals surface area contributed by atoms with Crippen LogP contribution in [0.15, 0.2) is 46.9 Å². The van der Waals surface area contributed by atoms with Gasteiger partial charge in [0.15, 0.2) is 0 Å². The summed E-state index contributed by atoms with van der Waals surface area (Å²) in [5, 5.41) is 2.87. The summed E-state index contributed by atoms with van der Waals surface area (Å²) in [7, 11) is 3.20. The lowest BCUT2D eigenvalue weighted by molar-refractivity contribution is -0.111. The van der Waals surface area contributed by atoms with E-state index in [4.69, 9.17) is 9.47 Å². The molecule has 0 aliphatic carbocycles. The van der Waals surface area contributed by atoms with E-state index in [1.165, 1.54) is 0 Å². The molecule has 0 spiro atoms. The van der Waals surface area contributed by atoms with Gasteiger partial charge in [-0.15, -0.1) is 0 Å². The summed E-state index contributed by atoms with van der Waals surface area (Å²) in [5.74, 6) is 1.18. The van der Waals surface area contributed by atoms with Crippen LogP contribution in [-0.2, 0) is 4.79 Å². The molecule has 2 rings (SSSR count). The third kappa shape index (κ3) is 4.38. The van der Waals surface area contributed by atoms with Gasteiger partial charge in [-0.25, -0.2) is 0 Å². The number of allylic oxidation sites excluding steroid dienone is 1. The van der Waals surface area contributed by atoms with Gasteiger partial charge in [-0.05, 0) is 55.3 Å². The first-order chi connectivity index (χ1) is 11.4. The number of amides is 1. The molecule has 0 aromatic heterocycles. The number of benzene rings is 2. The molecule has 24 heavy (non-hydrogen) atoms. The van der Waals surface area contributed by atoms with Gasteiger partial charge in [0.2, 0.25) is 5.91 Å². The Morgan fingerprint density at radius 2 is 1.88 bits per heavy atom. The lowest BCUT2D eigenvalue weighted by atomic mass is 10.1. The third-order valence-electron chi connectivity index (χ3n) is 3.61. The van der Waals surface area contributed by atoms with Crippen molar-refractivity contribution in [2.24, 2.45) is 0 Å². The number of hydrogen-bond acceptors (Lipinski definition) is 3. The van der Waals surface area contributed by atoms with Crippen molar-refractivity contribution >= 4 is 33.1 Å². The quantitative estimate of drug-likeness (QED) is 0.745. The van der Waals surface area contributed by atoms with Gasteiger partial charge in [0.1, 0.15) is 11.5 Å². The van der Waals surface area contributed by atoms with Crippen molar-refractivity contribution in [1.82, 2.24) is 0 Å². The number of methoxy groups -OCH3 is 2. The molecular formula is C19H20BrNO3. The predicted molar refractivity (Wildman–Crippen MR) is 101 cm³/mol. The second kappa shape index (κ2) is 8.02. The average molecular weight is 390 g/mol. The van der Waals surface area contributed by atoms with Gasteiger partial charge in [-0.2, -0.15) is 0 Å². The maximum atomic E-state index is 12.3. The van der Waals surface area contributed by atoms with E-state index in [0.717, 1.165) is 26.9 Å². The van der Waals surface area contributed by atoms with Crippen molar-refractivity contribution in [1.29, 1.82) is 0 Å². The molecule has 0 bridgehead atoms. The Morgan fingerprint density at radius 1 is 1.12 bits per heavy atom. The Balaban J connectivity index is 2.20. The van der Waals surface area contributed by atoms with Crippen molar-refractivity contribution in [2.45, 2.75) is 13.8 Å². The van der Waals surface area contributed by atoms with E-state index in [1.54, 1.807) is 26.4 Å². The van der Waals surface area contributed by atoms with Crippen molar-refractivity contribution < 1.29 is 14.3 Å². The van der Waals surface area contributed by atoms with E-state index >= 15 is 0 Å². The molecule has 1 amide bonds. The Bertz CT molecular complexity index is 784. The maximum Gasteiger partial charge on any atom is 0.248 e. The van der Waals surface area contributed by atoms with Crippen molar-refractivity contribution in [3.63, 3.8) is 0 Å². The molecule has 126 valence electrons. The number of nitrogens with one attached hydrogen (secondary N) is 1. The highest BCUT2D eigenvalue weighted by Gasteiger charge is 2.09. The minimum absolute atomic E-state index is 0.188. The fourth-order valence-electron chi connectivity index (χ4n) is 2.30. The van der Waals surface area contributed by atoms with Crippen LogP contribution in [0.5, 0.6) is 11.5 Å². The molecule has 0 atom stereocenters. The molecular weight excluding hydrogens is 370 g/mol. The topological polar surface area (TPSA) is 47.6 Å². The summed E-state index contributed by atoms with van der Waals surface area (Å²) in [6.07, 6.45) is 1.56. The monoisotopic (exact) mass is 389 g/mol. The van der Waals surface area contributed by atoms with E-state index in [-0.39, 0.29) is 5.91 Å². The first kappa shape index (κ1) is 18.1. The Hall–Kier alpha value is -2.27. The number of aryl methyl sites for hydroxylation is 1. The zero-order valence-electron chi connectivity index (χ0n) is 14.1. The molecule has 2 aromatic carbocycles. The molecule has 1 N–H and O–H groups in total. The molecule has 0 saturated heterocycles. The lowest BCUT2D eigenvalue weighted by Crippen LogP contribution is -2.08. The highest BCUT2D eigenvalue weighted by molar-refractivity contribution is 9.10. The molecule has 0 aliphatic heterocycles. The molecule has 2 aromatic rings. The van der Waals surface area contributed by atoms with Crippen LogP contribution in [0.25, 0.3) is 5.57 Å². The van der Waals surface area contributed by atoms with Gasteiger partial charge in [-0.3, -0.25) is 4.79 Å². The van der Waals surface area contributed by atoms with Crippen LogP contribution in [0.1, 0.15) is 18.1 Å². The Kier molecular flexibility index (Phi) is 6.04. The van der Waals surface area contributed by atoms with E-state index < -0.39 is 0 Å².